The van der Waals surface area contributed by atoms with E-state index in [1.54, 1.807) is 0 Å². The van der Waals surface area contributed by atoms with Crippen LogP contribution >= 0.6 is 136 Å². The molecule has 0 aromatic heterocycles. The van der Waals surface area contributed by atoms with Gasteiger partial charge < -0.3 is 136 Å². The molecule has 0 aliphatic rings. The Balaban J connectivity index is -0.000000125. The van der Waals surface area contributed by atoms with E-state index < -0.39 is 0 Å². The molecule has 6 nitrogen and oxygen atoms in total. The third kappa shape index (κ3) is 39.8. The fourth-order valence-corrected chi connectivity index (χ4v) is 5.06. The zero-order valence-electron chi connectivity index (χ0n) is 28.6. The third-order valence-corrected chi connectivity index (χ3v) is 9.79. The van der Waals surface area contributed by atoms with Gasteiger partial charge in [-0.15, -0.1) is 0 Å². The van der Waals surface area contributed by atoms with Crippen LogP contribution in [0.15, 0.2) is 146 Å². The quantitative estimate of drug-likeness (QED) is 0.0798. The fourth-order valence-electron chi connectivity index (χ4n) is 2.91. The monoisotopic (exact) mass is 1790 g/mol. The van der Waals surface area contributed by atoms with Gasteiger partial charge in [-0.3, -0.25) is 0 Å². The second kappa shape index (κ2) is 42.0. The van der Waals surface area contributed by atoms with E-state index in [1.165, 1.54) is 21.4 Å². The van der Waals surface area contributed by atoms with E-state index in [0.717, 1.165) is 34.1 Å². The second-order valence-electron chi connectivity index (χ2n) is 9.76. The molecule has 0 bridgehead atoms. The Bertz CT molecular complexity index is 1250. The summed E-state index contributed by atoms with van der Waals surface area (Å²) in [5, 5.41) is 0. The summed E-state index contributed by atoms with van der Waals surface area (Å²) in [5.74, 6) is 0. The molecular weight excluding hydrogens is 1760 g/mol. The molecule has 0 radical (unpaired) electrons. The van der Waals surface area contributed by atoms with E-state index >= 15 is 0 Å². The van der Waals surface area contributed by atoms with Gasteiger partial charge in [0, 0.05) is 21.4 Å². The maximum absolute atomic E-state index is 3.76. The molecule has 300 valence electrons. The van der Waals surface area contributed by atoms with Crippen LogP contribution in [0.3, 0.4) is 0 Å². The molecule has 0 atom stereocenters. The number of quaternary nitrogens is 6. The second-order valence-corrected chi connectivity index (χ2v) is 17.2. The SMILES string of the molecule is [Br-].[Br-].[Br-].[Br-].[Br-].[Br-].[NH3+]c1ccc(I)cc1.[NH3+]c1ccc(I)cc1.[NH3+]c1ccc(I)cc1.[NH3+]c1ccc(I)cc1.[NH3+]c1ccc(I)cc1.[NH3+]c1ccc(I)cc1. The maximum Gasteiger partial charge on any atom is 0.127 e. The molecule has 0 amide bonds. The fraction of sp³-hybridized carbons (Fsp3) is 0. The van der Waals surface area contributed by atoms with E-state index in [0.29, 0.717) is 0 Å². The van der Waals surface area contributed by atoms with Crippen molar-refractivity contribution in [2.45, 2.75) is 0 Å². The molecule has 0 saturated carbocycles. The molecule has 0 aliphatic carbocycles. The lowest BCUT2D eigenvalue weighted by Crippen LogP contribution is -3.00. The molecule has 6 aromatic carbocycles. The van der Waals surface area contributed by atoms with Gasteiger partial charge in [-0.25, -0.2) is 0 Å². The van der Waals surface area contributed by atoms with E-state index in [4.69, 9.17) is 0 Å². The average molecular weight is 1800 g/mol. The van der Waals surface area contributed by atoms with Gasteiger partial charge >= 0.3 is 0 Å². The smallest absolute Gasteiger partial charge is 0.127 e. The molecule has 18 heteroatoms. The van der Waals surface area contributed by atoms with Crippen molar-refractivity contribution < 1.29 is 136 Å². The van der Waals surface area contributed by atoms with Gasteiger partial charge in [0.05, 0.1) is 0 Å². The Hall–Kier alpha value is 2.34. The van der Waals surface area contributed by atoms with Gasteiger partial charge in [-0.05, 0) is 281 Å². The van der Waals surface area contributed by atoms with Crippen molar-refractivity contribution in [3.05, 3.63) is 167 Å². The zero-order chi connectivity index (χ0) is 35.9. The lowest BCUT2D eigenvalue weighted by atomic mass is 10.3. The van der Waals surface area contributed by atoms with Crippen molar-refractivity contribution >= 4 is 170 Å². The zero-order valence-corrected chi connectivity index (χ0v) is 51.1. The molecule has 0 spiro atoms. The van der Waals surface area contributed by atoms with Crippen molar-refractivity contribution in [3.8, 4) is 0 Å². The summed E-state index contributed by atoms with van der Waals surface area (Å²) in [7, 11) is 0. The van der Waals surface area contributed by atoms with E-state index in [-0.39, 0.29) is 102 Å². The molecule has 0 fully saturated rings. The highest BCUT2D eigenvalue weighted by Crippen LogP contribution is 2.08. The lowest BCUT2D eigenvalue weighted by molar-refractivity contribution is -0.255. The minimum Gasteiger partial charge on any atom is -1.00 e. The molecule has 6 aromatic rings. The molecule has 0 unspecified atom stereocenters. The highest BCUT2D eigenvalue weighted by atomic mass is 127. The van der Waals surface area contributed by atoms with Gasteiger partial charge in [0.1, 0.15) is 34.1 Å². The first kappa shape index (κ1) is 68.1. The first-order valence-corrected chi connectivity index (χ1v) is 20.7. The minimum atomic E-state index is 0. The van der Waals surface area contributed by atoms with Crippen molar-refractivity contribution in [2.24, 2.45) is 0 Å². The van der Waals surface area contributed by atoms with Crippen molar-refractivity contribution in [1.29, 1.82) is 0 Å². The lowest BCUT2D eigenvalue weighted by Gasteiger charge is -1.85. The molecule has 18 N–H and O–H groups in total. The van der Waals surface area contributed by atoms with Gasteiger partial charge in [-0.2, -0.15) is 0 Å². The number of hydrogen-bond donors (Lipinski definition) is 6. The molecule has 0 heterocycles. The molecular formula is C36H42Br6I6N6. The summed E-state index contributed by atoms with van der Waals surface area (Å²) in [4.78, 5) is 0. The topological polar surface area (TPSA) is 166 Å². The maximum atomic E-state index is 3.76. The number of halogens is 12. The van der Waals surface area contributed by atoms with Crippen LogP contribution in [0.2, 0.25) is 0 Å². The summed E-state index contributed by atoms with van der Waals surface area (Å²) in [5.41, 5.74) is 29.0. The van der Waals surface area contributed by atoms with Gasteiger partial charge in [-0.1, -0.05) is 0 Å². The standard InChI is InChI=1S/6C6H6IN.6BrH/c6*7-5-1-3-6(8)4-2-5;;;;;;/h6*1-4H,8H2;6*1H. The Morgan fingerprint density at radius 1 is 0.185 bits per heavy atom. The molecule has 0 saturated heterocycles. The number of benzene rings is 6. The Morgan fingerprint density at radius 3 is 0.315 bits per heavy atom. The Kier molecular flexibility index (Phi) is 53.0. The van der Waals surface area contributed by atoms with Crippen molar-refractivity contribution in [3.63, 3.8) is 0 Å². The van der Waals surface area contributed by atoms with E-state index in [9.17, 15) is 0 Å². The molecule has 54 heavy (non-hydrogen) atoms. The highest BCUT2D eigenvalue weighted by Gasteiger charge is 1.88. The van der Waals surface area contributed by atoms with Gasteiger partial charge in [0.2, 0.25) is 0 Å². The van der Waals surface area contributed by atoms with Crippen LogP contribution in [0, 0.1) is 21.4 Å². The first-order valence-electron chi connectivity index (χ1n) is 14.2. The normalized spacial score (nSPS) is 8.22. The minimum absolute atomic E-state index is 0. The van der Waals surface area contributed by atoms with Gasteiger partial charge in [0.25, 0.3) is 0 Å². The predicted molar refractivity (Wildman–Crippen MR) is 250 cm³/mol. The number of hydrogen-bond acceptors (Lipinski definition) is 0. The third-order valence-electron chi connectivity index (χ3n) is 5.48. The van der Waals surface area contributed by atoms with E-state index in [2.05, 4.69) is 170 Å². The van der Waals surface area contributed by atoms with Crippen LogP contribution < -0.4 is 136 Å². The molecule has 6 rings (SSSR count). The van der Waals surface area contributed by atoms with Crippen LogP contribution in [0.1, 0.15) is 0 Å². The van der Waals surface area contributed by atoms with Crippen LogP contribution in [-0.4, -0.2) is 0 Å². The van der Waals surface area contributed by atoms with Crippen LogP contribution in [0.5, 0.6) is 0 Å². The first-order chi connectivity index (χ1) is 22.7. The summed E-state index contributed by atoms with van der Waals surface area (Å²) in [6, 6.07) is 48.6. The van der Waals surface area contributed by atoms with Gasteiger partial charge in [0.15, 0.2) is 0 Å². The van der Waals surface area contributed by atoms with E-state index in [1.807, 2.05) is 146 Å². The average Bonchev–Trinajstić information content (AvgIpc) is 3.07. The summed E-state index contributed by atoms with van der Waals surface area (Å²) in [6.45, 7) is 0. The van der Waals surface area contributed by atoms with Crippen LogP contribution in [0.4, 0.5) is 34.1 Å². The summed E-state index contributed by atoms with van der Waals surface area (Å²) >= 11 is 13.6. The highest BCUT2D eigenvalue weighted by molar-refractivity contribution is 14.1. The summed E-state index contributed by atoms with van der Waals surface area (Å²) < 4.78 is 7.56. The van der Waals surface area contributed by atoms with Crippen molar-refractivity contribution in [1.82, 2.24) is 0 Å². The number of rotatable bonds is 0. The Morgan fingerprint density at radius 2 is 0.259 bits per heavy atom. The van der Waals surface area contributed by atoms with Crippen LogP contribution in [0.25, 0.3) is 0 Å². The largest absolute Gasteiger partial charge is 1.00 e. The molecule has 0 aliphatic heterocycles. The van der Waals surface area contributed by atoms with Crippen LogP contribution in [-0.2, 0) is 0 Å². The van der Waals surface area contributed by atoms with Crippen molar-refractivity contribution in [2.75, 3.05) is 0 Å². The predicted octanol–water partition coefficient (Wildman–Crippen LogP) is -11.0. The Labute approximate surface area is 464 Å². The summed E-state index contributed by atoms with van der Waals surface area (Å²) in [6.07, 6.45) is 0.